The van der Waals surface area contributed by atoms with Crippen LogP contribution in [0.15, 0.2) is 47.5 Å². The number of carbonyl (C=O) groups is 3. The van der Waals surface area contributed by atoms with E-state index in [1.165, 1.54) is 0 Å². The van der Waals surface area contributed by atoms with Crippen LogP contribution in [0.1, 0.15) is 61.0 Å². The topological polar surface area (TPSA) is 97.3 Å². The molecule has 2 aliphatic rings. The standard InChI is InChI=1S/C24H31N3O5/c1-27-17-21(29)32-24(15-16-24)14-10-5-3-2-4-9-13-20(28)25-22(27)26-23(30)31-18-19-11-7-6-8-12-19/h2-3,6-8,11-12H,4-5,9-10,13-18H2,1H3,(H,25,26,28,30)/b3-2+/i1D3. The number of carbonyl (C=O) groups excluding carboxylic acids is 3. The maximum atomic E-state index is 12.7. The van der Waals surface area contributed by atoms with Gasteiger partial charge in [0.1, 0.15) is 18.8 Å². The van der Waals surface area contributed by atoms with Gasteiger partial charge in [-0.3, -0.25) is 14.9 Å². The van der Waals surface area contributed by atoms with Gasteiger partial charge in [-0.2, -0.15) is 0 Å². The van der Waals surface area contributed by atoms with Crippen molar-refractivity contribution in [3.63, 3.8) is 0 Å². The molecule has 1 saturated carbocycles. The number of esters is 1. The van der Waals surface area contributed by atoms with Crippen molar-refractivity contribution in [2.75, 3.05) is 13.5 Å². The molecule has 8 nitrogen and oxygen atoms in total. The zero-order valence-electron chi connectivity index (χ0n) is 21.0. The van der Waals surface area contributed by atoms with Crippen LogP contribution in [-0.4, -0.2) is 48.0 Å². The van der Waals surface area contributed by atoms with E-state index in [2.05, 4.69) is 10.3 Å². The lowest BCUT2D eigenvalue weighted by molar-refractivity contribution is -0.151. The molecule has 1 aromatic carbocycles. The lowest BCUT2D eigenvalue weighted by atomic mass is 10.1. The Hall–Kier alpha value is -3.16. The first-order chi connectivity index (χ1) is 16.7. The number of amides is 2. The summed E-state index contributed by atoms with van der Waals surface area (Å²) in [6.07, 6.45) is 8.08. The quantitative estimate of drug-likeness (QED) is 0.552. The van der Waals surface area contributed by atoms with Gasteiger partial charge in [0.2, 0.25) is 11.9 Å². The number of nitrogens with zero attached hydrogens (tertiary/aromatic N) is 2. The first-order valence-electron chi connectivity index (χ1n) is 12.4. The summed E-state index contributed by atoms with van der Waals surface area (Å²) >= 11 is 0. The molecule has 172 valence electrons. The van der Waals surface area contributed by atoms with Gasteiger partial charge in [-0.1, -0.05) is 42.5 Å². The van der Waals surface area contributed by atoms with Gasteiger partial charge in [0, 0.05) is 17.5 Å². The second-order valence-electron chi connectivity index (χ2n) is 8.02. The molecule has 1 aliphatic carbocycles. The van der Waals surface area contributed by atoms with Gasteiger partial charge in [0.15, 0.2) is 0 Å². The van der Waals surface area contributed by atoms with E-state index in [0.717, 1.165) is 25.7 Å². The van der Waals surface area contributed by atoms with Crippen LogP contribution in [0.5, 0.6) is 0 Å². The molecule has 0 saturated heterocycles. The van der Waals surface area contributed by atoms with E-state index in [0.29, 0.717) is 29.7 Å². The van der Waals surface area contributed by atoms with E-state index in [4.69, 9.17) is 13.6 Å². The van der Waals surface area contributed by atoms with Gasteiger partial charge in [-0.05, 0) is 50.5 Å². The molecule has 32 heavy (non-hydrogen) atoms. The lowest BCUT2D eigenvalue weighted by Gasteiger charge is -2.23. The third-order valence-corrected chi connectivity index (χ3v) is 5.28. The molecule has 1 aromatic rings. The van der Waals surface area contributed by atoms with Crippen molar-refractivity contribution in [1.82, 2.24) is 10.2 Å². The van der Waals surface area contributed by atoms with Crippen molar-refractivity contribution >= 4 is 23.9 Å². The van der Waals surface area contributed by atoms with Crippen molar-refractivity contribution in [2.24, 2.45) is 4.99 Å². The van der Waals surface area contributed by atoms with Gasteiger partial charge >= 0.3 is 12.1 Å². The smallest absolute Gasteiger partial charge is 0.437 e. The second kappa shape index (κ2) is 11.5. The zero-order chi connectivity index (χ0) is 25.3. The number of hydrogen-bond acceptors (Lipinski definition) is 5. The van der Waals surface area contributed by atoms with Crippen molar-refractivity contribution in [3.05, 3.63) is 48.0 Å². The van der Waals surface area contributed by atoms with Crippen molar-refractivity contribution in [2.45, 2.75) is 63.6 Å². The number of benzene rings is 1. The molecule has 3 rings (SSSR count). The molecule has 0 unspecified atom stereocenters. The summed E-state index contributed by atoms with van der Waals surface area (Å²) < 4.78 is 34.4. The molecular formula is C24H31N3O5. The van der Waals surface area contributed by atoms with Crippen molar-refractivity contribution < 1.29 is 28.0 Å². The fourth-order valence-corrected chi connectivity index (χ4v) is 3.36. The number of likely N-dealkylation sites (N-methyl/N-ethyl adjacent to an activating group) is 1. The Balaban J connectivity index is 1.81. The highest BCUT2D eigenvalue weighted by Gasteiger charge is 2.46. The van der Waals surface area contributed by atoms with E-state index < -0.39 is 43.1 Å². The highest BCUT2D eigenvalue weighted by atomic mass is 16.6. The Morgan fingerprint density at radius 3 is 2.66 bits per heavy atom. The summed E-state index contributed by atoms with van der Waals surface area (Å²) in [5.74, 6) is -1.86. The molecule has 1 aliphatic heterocycles. The Bertz CT molecular complexity index is 959. The molecule has 0 aromatic heterocycles. The molecule has 0 atom stereocenters. The van der Waals surface area contributed by atoms with Crippen LogP contribution in [0, 0.1) is 0 Å². The first kappa shape index (κ1) is 19.5. The van der Waals surface area contributed by atoms with Crippen molar-refractivity contribution in [3.8, 4) is 0 Å². The summed E-state index contributed by atoms with van der Waals surface area (Å²) in [4.78, 5) is 41.9. The highest BCUT2D eigenvalue weighted by Crippen LogP contribution is 2.44. The molecule has 8 heteroatoms. The lowest BCUT2D eigenvalue weighted by Crippen LogP contribution is -2.45. The minimum Gasteiger partial charge on any atom is -0.458 e. The molecular weight excluding hydrogens is 410 g/mol. The molecule has 1 spiro atoms. The zero-order valence-corrected chi connectivity index (χ0v) is 18.0. The van der Waals surface area contributed by atoms with Crippen LogP contribution in [0.2, 0.25) is 0 Å². The fourth-order valence-electron chi connectivity index (χ4n) is 3.36. The number of ether oxygens (including phenoxy) is 2. The molecule has 1 heterocycles. The maximum Gasteiger partial charge on any atom is 0.437 e. The third kappa shape index (κ3) is 7.83. The monoisotopic (exact) mass is 444 g/mol. The van der Waals surface area contributed by atoms with Gasteiger partial charge < -0.3 is 14.4 Å². The normalized spacial score (nSPS) is 23.9. The fraction of sp³-hybridized carbons (Fsp3) is 0.500. The Kier molecular flexibility index (Phi) is 6.99. The molecule has 1 fully saturated rings. The van der Waals surface area contributed by atoms with Crippen LogP contribution >= 0.6 is 0 Å². The molecule has 0 bridgehead atoms. The van der Waals surface area contributed by atoms with Crippen LogP contribution in [0.3, 0.4) is 0 Å². The number of nitrogens with one attached hydrogen (secondary N) is 1. The van der Waals surface area contributed by atoms with Gasteiger partial charge in [0.25, 0.3) is 0 Å². The summed E-state index contributed by atoms with van der Waals surface area (Å²) in [6.45, 7) is -3.67. The second-order valence-corrected chi connectivity index (χ2v) is 8.02. The van der Waals surface area contributed by atoms with E-state index in [1.54, 1.807) is 24.3 Å². The average molecular weight is 445 g/mol. The van der Waals surface area contributed by atoms with E-state index >= 15 is 0 Å². The molecule has 0 radical (unpaired) electrons. The third-order valence-electron chi connectivity index (χ3n) is 5.28. The number of hydrogen-bond donors (Lipinski definition) is 1. The van der Waals surface area contributed by atoms with E-state index in [1.807, 2.05) is 18.2 Å². The minimum atomic E-state index is -2.88. The summed E-state index contributed by atoms with van der Waals surface area (Å²) in [5.41, 5.74) is 0.138. The Morgan fingerprint density at radius 2 is 1.94 bits per heavy atom. The number of aliphatic imine (C=N–C) groups is 1. The van der Waals surface area contributed by atoms with Crippen LogP contribution in [-0.2, 0) is 25.7 Å². The van der Waals surface area contributed by atoms with Crippen molar-refractivity contribution in [1.29, 1.82) is 0 Å². The van der Waals surface area contributed by atoms with Crippen LogP contribution in [0.25, 0.3) is 0 Å². The van der Waals surface area contributed by atoms with Crippen LogP contribution < -0.4 is 5.32 Å². The largest absolute Gasteiger partial charge is 0.458 e. The van der Waals surface area contributed by atoms with Gasteiger partial charge in [0.05, 0.1) is 0 Å². The summed E-state index contributed by atoms with van der Waals surface area (Å²) in [7, 11) is 0. The predicted octanol–water partition coefficient (Wildman–Crippen LogP) is 3.71. The molecule has 2 amide bonds. The van der Waals surface area contributed by atoms with Gasteiger partial charge in [-0.15, -0.1) is 4.99 Å². The summed E-state index contributed by atoms with van der Waals surface area (Å²) in [5, 5.41) is 2.39. The number of rotatable bonds is 2. The van der Waals surface area contributed by atoms with Crippen LogP contribution in [0.4, 0.5) is 4.79 Å². The average Bonchev–Trinajstić information content (AvgIpc) is 3.56. The van der Waals surface area contributed by atoms with Gasteiger partial charge in [-0.25, -0.2) is 4.79 Å². The predicted molar refractivity (Wildman–Crippen MR) is 120 cm³/mol. The first-order valence-corrected chi connectivity index (χ1v) is 10.9. The minimum absolute atomic E-state index is 0.0881. The van der Waals surface area contributed by atoms with E-state index in [9.17, 15) is 14.4 Å². The summed E-state index contributed by atoms with van der Waals surface area (Å²) in [6, 6.07) is 8.87. The highest BCUT2D eigenvalue weighted by molar-refractivity contribution is 6.01. The Labute approximate surface area is 192 Å². The maximum absolute atomic E-state index is 12.7. The number of allylic oxidation sites excluding steroid dienone is 2. The Morgan fingerprint density at radius 1 is 1.19 bits per heavy atom. The SMILES string of the molecule is [2H]C([2H])([2H])N1CC(=O)OC2(CCC/C=C/CCCC(=O)NC1=NC(=O)OCc1ccccc1)CC2. The van der Waals surface area contributed by atoms with E-state index in [-0.39, 0.29) is 13.0 Å². The molecule has 1 N–H and O–H groups in total. The number of guanidine groups is 1.